The molecule has 0 radical (unpaired) electrons. The predicted octanol–water partition coefficient (Wildman–Crippen LogP) is 3.87. The van der Waals surface area contributed by atoms with Gasteiger partial charge >= 0.3 is 0 Å². The maximum atomic E-state index is 12.9. The Morgan fingerprint density at radius 3 is 1.72 bits per heavy atom. The number of ether oxygens (including phenoxy) is 4. The number of unbranched alkanes of at least 4 members (excludes halogenated alkanes) is 5. The molecule has 342 valence electrons. The van der Waals surface area contributed by atoms with Crippen LogP contribution in [0.15, 0.2) is 85.1 Å². The van der Waals surface area contributed by atoms with Crippen LogP contribution in [0.1, 0.15) is 104 Å². The molecule has 9 N–H and O–H groups in total. The molecule has 0 aromatic carbocycles. The van der Waals surface area contributed by atoms with E-state index in [4.69, 9.17) is 18.9 Å². The minimum absolute atomic E-state index is 0.243. The molecule has 12 unspecified atom stereocenters. The number of carbonyl (C=O) groups excluding carboxylic acids is 1. The Kier molecular flexibility index (Phi) is 29.2. The Labute approximate surface area is 357 Å². The first-order valence-electron chi connectivity index (χ1n) is 21.8. The third-order valence-corrected chi connectivity index (χ3v) is 10.1. The highest BCUT2D eigenvalue weighted by Gasteiger charge is 2.50. The van der Waals surface area contributed by atoms with Gasteiger partial charge in [0.25, 0.3) is 0 Å². The molecule has 2 heterocycles. The summed E-state index contributed by atoms with van der Waals surface area (Å²) >= 11 is 0. The number of allylic oxidation sites excluding steroid dienone is 13. The van der Waals surface area contributed by atoms with Crippen molar-refractivity contribution in [2.75, 3.05) is 19.8 Å². The van der Waals surface area contributed by atoms with Crippen LogP contribution in [0.4, 0.5) is 0 Å². The third kappa shape index (κ3) is 20.8. The maximum absolute atomic E-state index is 12.9. The molecule has 2 aliphatic heterocycles. The summed E-state index contributed by atoms with van der Waals surface area (Å²) in [5.41, 5.74) is 0. The molecular weight excluding hydrogens is 775 g/mol. The summed E-state index contributed by atoms with van der Waals surface area (Å²) in [6.45, 7) is 2.37. The maximum Gasteiger partial charge on any atom is 0.220 e. The van der Waals surface area contributed by atoms with Gasteiger partial charge in [-0.05, 0) is 64.2 Å². The molecule has 0 aromatic heterocycles. The molecule has 0 spiro atoms. The highest BCUT2D eigenvalue weighted by atomic mass is 16.7. The van der Waals surface area contributed by atoms with Crippen LogP contribution in [0.25, 0.3) is 0 Å². The van der Waals surface area contributed by atoms with Gasteiger partial charge in [0.1, 0.15) is 48.8 Å². The van der Waals surface area contributed by atoms with Crippen molar-refractivity contribution >= 4 is 5.91 Å². The van der Waals surface area contributed by atoms with Crippen LogP contribution in [0.3, 0.4) is 0 Å². The van der Waals surface area contributed by atoms with Crippen molar-refractivity contribution < 1.29 is 64.6 Å². The number of carbonyl (C=O) groups is 1. The van der Waals surface area contributed by atoms with Gasteiger partial charge < -0.3 is 65.1 Å². The van der Waals surface area contributed by atoms with E-state index >= 15 is 0 Å². The lowest BCUT2D eigenvalue weighted by molar-refractivity contribution is -0.359. The lowest BCUT2D eigenvalue weighted by atomic mass is 9.97. The third-order valence-electron chi connectivity index (χ3n) is 10.1. The van der Waals surface area contributed by atoms with Gasteiger partial charge in [-0.25, -0.2) is 0 Å². The number of aliphatic hydroxyl groups is 8. The van der Waals surface area contributed by atoms with Crippen molar-refractivity contribution in [1.29, 1.82) is 0 Å². The summed E-state index contributed by atoms with van der Waals surface area (Å²) in [7, 11) is 0. The van der Waals surface area contributed by atoms with E-state index in [1.807, 2.05) is 6.92 Å². The Hall–Kier alpha value is -2.83. The van der Waals surface area contributed by atoms with Gasteiger partial charge in [0.15, 0.2) is 12.6 Å². The van der Waals surface area contributed by atoms with E-state index in [0.29, 0.717) is 12.8 Å². The summed E-state index contributed by atoms with van der Waals surface area (Å²) < 4.78 is 22.4. The van der Waals surface area contributed by atoms with Gasteiger partial charge in [0, 0.05) is 6.42 Å². The number of nitrogens with one attached hydrogen (secondary N) is 1. The molecule has 60 heavy (non-hydrogen) atoms. The highest BCUT2D eigenvalue weighted by molar-refractivity contribution is 5.76. The molecule has 2 aliphatic rings. The summed E-state index contributed by atoms with van der Waals surface area (Å²) in [6.07, 6.45) is 24.6. The van der Waals surface area contributed by atoms with Crippen molar-refractivity contribution in [2.24, 2.45) is 0 Å². The number of aliphatic hydroxyl groups excluding tert-OH is 8. The zero-order chi connectivity index (χ0) is 44.0. The monoisotopic (exact) mass is 850 g/mol. The average Bonchev–Trinajstić information content (AvgIpc) is 3.24. The van der Waals surface area contributed by atoms with Crippen LogP contribution in [0.5, 0.6) is 0 Å². The summed E-state index contributed by atoms with van der Waals surface area (Å²) in [6, 6.07) is -0.928. The molecule has 0 bridgehead atoms. The van der Waals surface area contributed by atoms with Gasteiger partial charge in [-0.3, -0.25) is 4.79 Å². The van der Waals surface area contributed by atoms with E-state index in [1.54, 1.807) is 12.2 Å². The molecule has 0 aliphatic carbocycles. The fraction of sp³-hybridized carbons (Fsp3) is 0.674. The number of rotatable bonds is 30. The standard InChI is InChI=1S/C46H75NO13/c1-3-5-7-8-9-10-11-12-13-14-15-16-17-18-19-20-21-22-23-24-25-26-28-30-38(51)47-34(35(50)29-27-6-4-2)33-57-45-43(56)41(54)44(37(32-49)59-45)60-46-42(55)40(53)39(52)36(31-48)58-46/h5,7,9-10,12-13,15-16,18-19,21-22,27,29,34-37,39-46,48-50,52-56H,3-4,6,8,11,14,17,20,23-26,28,30-33H2,1-2H3,(H,47,51)/b7-5-,10-9-,13-12-,16-15-,19-18-,22-21-,29-27+. The molecule has 2 fully saturated rings. The van der Waals surface area contributed by atoms with Crippen LogP contribution >= 0.6 is 0 Å². The van der Waals surface area contributed by atoms with Crippen LogP contribution in [-0.4, -0.2) is 140 Å². The van der Waals surface area contributed by atoms with E-state index in [9.17, 15) is 45.6 Å². The van der Waals surface area contributed by atoms with Gasteiger partial charge in [-0.2, -0.15) is 0 Å². The molecule has 0 aromatic rings. The predicted molar refractivity (Wildman–Crippen MR) is 230 cm³/mol. The molecule has 2 rings (SSSR count). The van der Waals surface area contributed by atoms with Gasteiger partial charge in [-0.1, -0.05) is 118 Å². The fourth-order valence-corrected chi connectivity index (χ4v) is 6.47. The van der Waals surface area contributed by atoms with E-state index in [1.165, 1.54) is 0 Å². The van der Waals surface area contributed by atoms with Gasteiger partial charge in [-0.15, -0.1) is 0 Å². The number of hydrogen-bond donors (Lipinski definition) is 9. The summed E-state index contributed by atoms with van der Waals surface area (Å²) in [5.74, 6) is -0.283. The largest absolute Gasteiger partial charge is 0.394 e. The van der Waals surface area contributed by atoms with Crippen molar-refractivity contribution in [3.8, 4) is 0 Å². The minimum Gasteiger partial charge on any atom is -0.394 e. The molecule has 12 atom stereocenters. The topological polar surface area (TPSA) is 228 Å². The lowest BCUT2D eigenvalue weighted by Crippen LogP contribution is -2.65. The molecule has 14 nitrogen and oxygen atoms in total. The van der Waals surface area contributed by atoms with Gasteiger partial charge in [0.05, 0.1) is 32.0 Å². The fourth-order valence-electron chi connectivity index (χ4n) is 6.47. The molecule has 14 heteroatoms. The van der Waals surface area contributed by atoms with Crippen molar-refractivity contribution in [3.05, 3.63) is 85.1 Å². The SMILES string of the molecule is CC/C=C\C/C=C\C/C=C\C/C=C\C/C=C\C/C=C\CCCCCCC(=O)NC(COC1OC(CO)C(OC2OC(CO)C(O)C(O)C2O)C(O)C1O)C(O)/C=C/CCC. The second kappa shape index (κ2) is 32.8. The van der Waals surface area contributed by atoms with E-state index < -0.39 is 86.8 Å². The smallest absolute Gasteiger partial charge is 0.220 e. The Balaban J connectivity index is 1.72. The second-order valence-electron chi connectivity index (χ2n) is 15.1. The second-order valence-corrected chi connectivity index (χ2v) is 15.1. The van der Waals surface area contributed by atoms with Crippen LogP contribution in [0.2, 0.25) is 0 Å². The first-order valence-corrected chi connectivity index (χ1v) is 21.8. The number of amides is 1. The quantitative estimate of drug-likeness (QED) is 0.0370. The van der Waals surface area contributed by atoms with Crippen LogP contribution in [-0.2, 0) is 23.7 Å². The molecule has 1 amide bonds. The molecule has 0 saturated carbocycles. The first-order chi connectivity index (χ1) is 29.1. The van der Waals surface area contributed by atoms with Crippen LogP contribution in [0, 0.1) is 0 Å². The van der Waals surface area contributed by atoms with Gasteiger partial charge in [0.2, 0.25) is 5.91 Å². The van der Waals surface area contributed by atoms with Crippen molar-refractivity contribution in [3.63, 3.8) is 0 Å². The molecular formula is C46H75NO13. The Morgan fingerprint density at radius 2 is 1.15 bits per heavy atom. The van der Waals surface area contributed by atoms with Crippen LogP contribution < -0.4 is 5.32 Å². The number of hydrogen-bond acceptors (Lipinski definition) is 13. The minimum atomic E-state index is -1.79. The van der Waals surface area contributed by atoms with E-state index in [-0.39, 0.29) is 18.9 Å². The average molecular weight is 850 g/mol. The van der Waals surface area contributed by atoms with Crippen molar-refractivity contribution in [1.82, 2.24) is 5.32 Å². The highest BCUT2D eigenvalue weighted by Crippen LogP contribution is 2.29. The zero-order valence-corrected chi connectivity index (χ0v) is 35.7. The van der Waals surface area contributed by atoms with E-state index in [0.717, 1.165) is 70.6 Å². The zero-order valence-electron chi connectivity index (χ0n) is 35.7. The van der Waals surface area contributed by atoms with E-state index in [2.05, 4.69) is 85.2 Å². The normalized spacial score (nSPS) is 29.1. The van der Waals surface area contributed by atoms with Crippen molar-refractivity contribution in [2.45, 2.75) is 177 Å². The summed E-state index contributed by atoms with van der Waals surface area (Å²) in [4.78, 5) is 12.9. The summed E-state index contributed by atoms with van der Waals surface area (Å²) in [5, 5.41) is 85.6. The Morgan fingerprint density at radius 1 is 0.617 bits per heavy atom. The molecule has 2 saturated heterocycles. The lowest BCUT2D eigenvalue weighted by Gasteiger charge is -2.46. The first kappa shape index (κ1) is 53.3. The Bertz CT molecular complexity index is 1330.